The summed E-state index contributed by atoms with van der Waals surface area (Å²) < 4.78 is 25.4. The van der Waals surface area contributed by atoms with Gasteiger partial charge in [-0.05, 0) is 49.1 Å². The molecule has 2 aromatic rings. The first-order chi connectivity index (χ1) is 14.2. The van der Waals surface area contributed by atoms with E-state index in [9.17, 15) is 13.2 Å². The van der Waals surface area contributed by atoms with E-state index >= 15 is 0 Å². The lowest BCUT2D eigenvalue weighted by Gasteiger charge is -2.20. The van der Waals surface area contributed by atoms with Crippen LogP contribution in [0.1, 0.15) is 69.5 Å². The van der Waals surface area contributed by atoms with E-state index in [1.54, 1.807) is 6.07 Å². The lowest BCUT2D eigenvalue weighted by molar-refractivity contribution is -0.123. The molecule has 6 nitrogen and oxygen atoms in total. The number of pyridine rings is 1. The molecule has 7 heteroatoms. The minimum Gasteiger partial charge on any atom is -0.349 e. The molecule has 0 spiro atoms. The third-order valence-electron chi connectivity index (χ3n) is 6.15. The molecular formula is C24H33N3O3S. The highest BCUT2D eigenvalue weighted by molar-refractivity contribution is 7.92. The van der Waals surface area contributed by atoms with Gasteiger partial charge >= 0.3 is 0 Å². The van der Waals surface area contributed by atoms with E-state index in [-0.39, 0.29) is 28.7 Å². The fraction of sp³-hybridized carbons (Fsp3) is 0.500. The van der Waals surface area contributed by atoms with Gasteiger partial charge in [0.05, 0.1) is 18.0 Å². The summed E-state index contributed by atoms with van der Waals surface area (Å²) >= 11 is 0. The number of carbonyl (C=O) groups is 1. The fourth-order valence-corrected chi connectivity index (χ4v) is 4.54. The third-order valence-corrected chi connectivity index (χ3v) is 6.74. The van der Waals surface area contributed by atoms with Gasteiger partial charge in [0.25, 0.3) is 0 Å². The Balaban J connectivity index is 1.66. The van der Waals surface area contributed by atoms with Crippen LogP contribution in [0.15, 0.2) is 36.5 Å². The van der Waals surface area contributed by atoms with Gasteiger partial charge in [0, 0.05) is 28.6 Å². The molecule has 1 aromatic carbocycles. The number of aryl methyl sites for hydroxylation is 1. The molecule has 1 amide bonds. The predicted molar refractivity (Wildman–Crippen MR) is 125 cm³/mol. The molecule has 2 N–H and O–H groups in total. The summed E-state index contributed by atoms with van der Waals surface area (Å²) in [7, 11) is -3.33. The quantitative estimate of drug-likeness (QED) is 0.700. The standard InChI is InChI=1S/C24H33N3O3S/c1-15-12-17(8-10-20(15)27-31(7,29)30)16(2)26-22(28)19-13-24(19,6)18-9-11-21(25-14-18)23(3,4)5/h8-12,14,16,19,27H,13H2,1-7H3,(H,26,28)/t16?,19-,24?/m0/s1. The van der Waals surface area contributed by atoms with Crippen molar-refractivity contribution < 1.29 is 13.2 Å². The monoisotopic (exact) mass is 443 g/mol. The molecule has 168 valence electrons. The number of aromatic nitrogens is 1. The molecule has 0 aliphatic heterocycles. The summed E-state index contributed by atoms with van der Waals surface area (Å²) in [6.07, 6.45) is 3.84. The zero-order valence-electron chi connectivity index (χ0n) is 19.4. The lowest BCUT2D eigenvalue weighted by Crippen LogP contribution is -2.30. The predicted octanol–water partition coefficient (Wildman–Crippen LogP) is 4.21. The topological polar surface area (TPSA) is 88.2 Å². The maximum absolute atomic E-state index is 12.9. The molecule has 0 radical (unpaired) electrons. The Kier molecular flexibility index (Phi) is 5.95. The zero-order valence-corrected chi connectivity index (χ0v) is 20.2. The highest BCUT2D eigenvalue weighted by Gasteiger charge is 2.55. The summed E-state index contributed by atoms with van der Waals surface area (Å²) in [5.74, 6) is -0.0459. The van der Waals surface area contributed by atoms with E-state index in [0.717, 1.165) is 35.1 Å². The Morgan fingerprint density at radius 3 is 2.42 bits per heavy atom. The summed E-state index contributed by atoms with van der Waals surface area (Å²) in [5, 5.41) is 3.12. The van der Waals surface area contributed by atoms with Crippen LogP contribution in [0.2, 0.25) is 0 Å². The van der Waals surface area contributed by atoms with Gasteiger partial charge in [-0.15, -0.1) is 0 Å². The molecule has 0 saturated heterocycles. The Labute approximate surface area is 185 Å². The van der Waals surface area contributed by atoms with Gasteiger partial charge < -0.3 is 5.32 Å². The van der Waals surface area contributed by atoms with E-state index in [1.165, 1.54) is 0 Å². The smallest absolute Gasteiger partial charge is 0.229 e. The summed E-state index contributed by atoms with van der Waals surface area (Å²) in [4.78, 5) is 17.5. The average molecular weight is 444 g/mol. The Morgan fingerprint density at radius 1 is 1.23 bits per heavy atom. The Morgan fingerprint density at radius 2 is 1.90 bits per heavy atom. The van der Waals surface area contributed by atoms with Crippen LogP contribution in [-0.2, 0) is 25.6 Å². The van der Waals surface area contributed by atoms with Gasteiger partial charge in [-0.25, -0.2) is 8.42 Å². The van der Waals surface area contributed by atoms with Crippen LogP contribution in [0, 0.1) is 12.8 Å². The SMILES string of the molecule is Cc1cc(C(C)NC(=O)[C@@H]2CC2(C)c2ccc(C(C)(C)C)nc2)ccc1NS(C)(=O)=O. The zero-order chi connectivity index (χ0) is 23.2. The van der Waals surface area contributed by atoms with E-state index in [4.69, 9.17) is 0 Å². The number of anilines is 1. The lowest BCUT2D eigenvalue weighted by atomic mass is 9.90. The molecule has 1 fully saturated rings. The van der Waals surface area contributed by atoms with E-state index < -0.39 is 10.0 Å². The minimum atomic E-state index is -3.33. The number of benzene rings is 1. The molecular weight excluding hydrogens is 410 g/mol. The number of amides is 1. The number of hydrogen-bond donors (Lipinski definition) is 2. The van der Waals surface area contributed by atoms with Gasteiger partial charge in [0.1, 0.15) is 0 Å². The molecule has 0 bridgehead atoms. The average Bonchev–Trinajstić information content (AvgIpc) is 3.35. The molecule has 2 unspecified atom stereocenters. The van der Waals surface area contributed by atoms with Crippen molar-refractivity contribution in [1.82, 2.24) is 10.3 Å². The van der Waals surface area contributed by atoms with Crippen molar-refractivity contribution in [2.75, 3.05) is 11.0 Å². The van der Waals surface area contributed by atoms with Crippen molar-refractivity contribution in [3.05, 3.63) is 58.9 Å². The van der Waals surface area contributed by atoms with Gasteiger partial charge in [-0.1, -0.05) is 45.9 Å². The highest BCUT2D eigenvalue weighted by Crippen LogP contribution is 2.54. The van der Waals surface area contributed by atoms with Crippen LogP contribution in [0.3, 0.4) is 0 Å². The largest absolute Gasteiger partial charge is 0.349 e. The first-order valence-electron chi connectivity index (χ1n) is 10.6. The second-order valence-corrected chi connectivity index (χ2v) is 11.8. The number of sulfonamides is 1. The normalized spacial score (nSPS) is 22.0. The van der Waals surface area contributed by atoms with Crippen molar-refractivity contribution in [2.45, 2.75) is 64.8 Å². The van der Waals surface area contributed by atoms with Crippen LogP contribution in [0.4, 0.5) is 5.69 Å². The van der Waals surface area contributed by atoms with Gasteiger partial charge in [0.15, 0.2) is 0 Å². The van der Waals surface area contributed by atoms with Crippen LogP contribution in [-0.4, -0.2) is 25.6 Å². The van der Waals surface area contributed by atoms with E-state index in [1.807, 2.05) is 32.2 Å². The van der Waals surface area contributed by atoms with Gasteiger partial charge in [0.2, 0.25) is 15.9 Å². The maximum Gasteiger partial charge on any atom is 0.229 e. The number of carbonyl (C=O) groups excluding carboxylic acids is 1. The molecule has 1 aliphatic carbocycles. The van der Waals surface area contributed by atoms with Gasteiger partial charge in [-0.3, -0.25) is 14.5 Å². The van der Waals surface area contributed by atoms with E-state index in [0.29, 0.717) is 5.69 Å². The van der Waals surface area contributed by atoms with Crippen LogP contribution >= 0.6 is 0 Å². The van der Waals surface area contributed by atoms with Gasteiger partial charge in [-0.2, -0.15) is 0 Å². The molecule has 3 rings (SSSR count). The van der Waals surface area contributed by atoms with Crippen molar-refractivity contribution in [3.8, 4) is 0 Å². The number of nitrogens with one attached hydrogen (secondary N) is 2. The van der Waals surface area contributed by atoms with Crippen molar-refractivity contribution in [1.29, 1.82) is 0 Å². The third kappa shape index (κ3) is 5.26. The first-order valence-corrected chi connectivity index (χ1v) is 12.5. The second kappa shape index (κ2) is 7.93. The number of rotatable bonds is 6. The Bertz CT molecular complexity index is 1090. The second-order valence-electron chi connectivity index (χ2n) is 10.0. The van der Waals surface area contributed by atoms with Crippen LogP contribution in [0.5, 0.6) is 0 Å². The highest BCUT2D eigenvalue weighted by atomic mass is 32.2. The van der Waals surface area contributed by atoms with Crippen molar-refractivity contribution >= 4 is 21.6 Å². The van der Waals surface area contributed by atoms with Crippen molar-refractivity contribution in [2.24, 2.45) is 5.92 Å². The number of nitrogens with zero attached hydrogens (tertiary/aromatic N) is 1. The molecule has 31 heavy (non-hydrogen) atoms. The Hall–Kier alpha value is -2.41. The minimum absolute atomic E-state index is 0.000289. The molecule has 1 saturated carbocycles. The number of hydrogen-bond acceptors (Lipinski definition) is 4. The molecule has 1 aliphatic rings. The van der Waals surface area contributed by atoms with Crippen LogP contribution < -0.4 is 10.0 Å². The molecule has 1 aromatic heterocycles. The summed E-state index contributed by atoms with van der Waals surface area (Å²) in [6.45, 7) is 12.3. The van der Waals surface area contributed by atoms with Crippen LogP contribution in [0.25, 0.3) is 0 Å². The first kappa shape index (κ1) is 23.3. The fourth-order valence-electron chi connectivity index (χ4n) is 3.91. The molecule has 3 atom stereocenters. The summed E-state index contributed by atoms with van der Waals surface area (Å²) in [5.41, 5.74) is 4.24. The summed E-state index contributed by atoms with van der Waals surface area (Å²) in [6, 6.07) is 9.46. The molecule has 1 heterocycles. The van der Waals surface area contributed by atoms with Crippen molar-refractivity contribution in [3.63, 3.8) is 0 Å². The maximum atomic E-state index is 12.9. The van der Waals surface area contributed by atoms with E-state index in [2.05, 4.69) is 54.9 Å².